The number of rotatable bonds is 3. The normalized spacial score (nSPS) is 39.6. The fourth-order valence-corrected chi connectivity index (χ4v) is 8.78. The summed E-state index contributed by atoms with van der Waals surface area (Å²) in [5.41, 5.74) is 1.73. The summed E-state index contributed by atoms with van der Waals surface area (Å²) in [7, 11) is 0. The molecule has 2 amide bonds. The number of amides is 2. The van der Waals surface area contributed by atoms with Crippen molar-refractivity contribution in [1.82, 2.24) is 9.80 Å². The maximum absolute atomic E-state index is 13.5. The number of piperidine rings is 1. The van der Waals surface area contributed by atoms with Gasteiger partial charge in [0.05, 0.1) is 17.1 Å². The number of likely N-dealkylation sites (tertiary alicyclic amines) is 1. The van der Waals surface area contributed by atoms with E-state index in [9.17, 15) is 19.8 Å². The van der Waals surface area contributed by atoms with Crippen LogP contribution in [-0.4, -0.2) is 68.7 Å². The molecule has 0 aromatic heterocycles. The Bertz CT molecular complexity index is 1190. The van der Waals surface area contributed by atoms with Crippen LogP contribution in [-0.2, 0) is 21.4 Å². The maximum atomic E-state index is 13.5. The van der Waals surface area contributed by atoms with Crippen molar-refractivity contribution in [3.05, 3.63) is 34.4 Å². The lowest BCUT2D eigenvalue weighted by atomic mass is 9.48. The number of aliphatic hydroxyl groups is 1. The van der Waals surface area contributed by atoms with Crippen LogP contribution in [0.5, 0.6) is 11.5 Å². The second kappa shape index (κ2) is 6.68. The molecule has 1 spiro atoms. The first-order chi connectivity index (χ1) is 16.9. The Balaban J connectivity index is 1.26. The van der Waals surface area contributed by atoms with Gasteiger partial charge in [0.1, 0.15) is 6.10 Å². The van der Waals surface area contributed by atoms with Crippen LogP contribution in [0.1, 0.15) is 68.9 Å². The molecular weight excluding hydrogens is 444 g/mol. The highest BCUT2D eigenvalue weighted by molar-refractivity contribution is 6.19. The summed E-state index contributed by atoms with van der Waals surface area (Å²) in [6, 6.07) is 3.25. The van der Waals surface area contributed by atoms with E-state index in [0.29, 0.717) is 49.0 Å². The molecule has 5 atom stereocenters. The summed E-state index contributed by atoms with van der Waals surface area (Å²) in [6.45, 7) is 1.89. The van der Waals surface area contributed by atoms with Crippen LogP contribution in [0.25, 0.3) is 0 Å². The fraction of sp³-hybridized carbons (Fsp3) is 0.643. The molecule has 0 unspecified atom stereocenters. The largest absolute Gasteiger partial charge is 0.504 e. The highest BCUT2D eigenvalue weighted by Gasteiger charge is 2.74. The highest BCUT2D eigenvalue weighted by atomic mass is 16.5. The Labute approximate surface area is 204 Å². The predicted molar refractivity (Wildman–Crippen MR) is 126 cm³/mol. The van der Waals surface area contributed by atoms with Crippen LogP contribution in [0.2, 0.25) is 0 Å². The lowest BCUT2D eigenvalue weighted by molar-refractivity contribution is -0.201. The van der Waals surface area contributed by atoms with E-state index in [1.165, 1.54) is 17.7 Å². The van der Waals surface area contributed by atoms with Crippen LogP contribution in [0.3, 0.4) is 0 Å². The van der Waals surface area contributed by atoms with Gasteiger partial charge in [0.25, 0.3) is 11.8 Å². The van der Waals surface area contributed by atoms with Crippen molar-refractivity contribution in [3.63, 3.8) is 0 Å². The Morgan fingerprint density at radius 2 is 1.77 bits per heavy atom. The van der Waals surface area contributed by atoms with Crippen LogP contribution in [0, 0.1) is 5.92 Å². The standard InChI is InChI=1S/C28H32N2O5/c31-20-8-7-16-13-21-28(34)10-9-19(30-25(32)17-3-1-2-4-18(17)26(30)33)24-27(28,22(16)23(20)35-24)11-12-29(21)14-15-5-6-15/h7-8,15,19,21,24,31,34H,1-6,9-14H2/t19-,21-,24+,27+,28-/m1/s1. The Morgan fingerprint density at radius 1 is 1.03 bits per heavy atom. The highest BCUT2D eigenvalue weighted by Crippen LogP contribution is 2.66. The summed E-state index contributed by atoms with van der Waals surface area (Å²) in [6.07, 6.45) is 7.74. The SMILES string of the molecule is O=C1C2=C(CCCC2)C(=O)N1[C@@H]1CC[C@@]2(O)[C@H]3Cc4ccc(O)c5c4[C@@]2(CCN3CC2CC2)[C@H]1O5. The molecule has 35 heavy (non-hydrogen) atoms. The molecule has 1 aromatic carbocycles. The van der Waals surface area contributed by atoms with E-state index in [0.717, 1.165) is 49.4 Å². The zero-order valence-electron chi connectivity index (χ0n) is 20.0. The van der Waals surface area contributed by atoms with Gasteiger partial charge in [-0.1, -0.05) is 6.07 Å². The first kappa shape index (κ1) is 20.8. The second-order valence-corrected chi connectivity index (χ2v) is 12.0. The van der Waals surface area contributed by atoms with E-state index < -0.39 is 23.2 Å². The zero-order valence-corrected chi connectivity index (χ0v) is 20.0. The number of carbonyl (C=O) groups is 2. The minimum atomic E-state index is -1.01. The number of hydrogen-bond acceptors (Lipinski definition) is 6. The van der Waals surface area contributed by atoms with Gasteiger partial charge in [-0.05, 0) is 88.3 Å². The molecule has 0 radical (unpaired) electrons. The molecule has 184 valence electrons. The molecule has 1 aromatic rings. The Morgan fingerprint density at radius 3 is 2.49 bits per heavy atom. The molecule has 8 rings (SSSR count). The summed E-state index contributed by atoms with van der Waals surface area (Å²) in [5, 5.41) is 23.4. The second-order valence-electron chi connectivity index (χ2n) is 12.0. The third-order valence-electron chi connectivity index (χ3n) is 10.5. The van der Waals surface area contributed by atoms with Gasteiger partial charge >= 0.3 is 0 Å². The van der Waals surface area contributed by atoms with Gasteiger partial charge in [0, 0.05) is 29.3 Å². The third kappa shape index (κ3) is 2.40. The van der Waals surface area contributed by atoms with Gasteiger partial charge in [0.2, 0.25) is 0 Å². The van der Waals surface area contributed by atoms with Crippen molar-refractivity contribution in [2.24, 2.45) is 5.92 Å². The maximum Gasteiger partial charge on any atom is 0.257 e. The van der Waals surface area contributed by atoms with Crippen molar-refractivity contribution >= 4 is 11.8 Å². The summed E-state index contributed by atoms with van der Waals surface area (Å²) < 4.78 is 6.59. The molecule has 3 heterocycles. The van der Waals surface area contributed by atoms with Gasteiger partial charge in [0.15, 0.2) is 11.5 Å². The molecule has 7 nitrogen and oxygen atoms in total. The van der Waals surface area contributed by atoms with Gasteiger partial charge in [-0.3, -0.25) is 19.4 Å². The van der Waals surface area contributed by atoms with E-state index >= 15 is 0 Å². The van der Waals surface area contributed by atoms with Gasteiger partial charge in [-0.15, -0.1) is 0 Å². The first-order valence-electron chi connectivity index (χ1n) is 13.5. The molecule has 4 aliphatic carbocycles. The lowest BCUT2D eigenvalue weighted by Crippen LogP contribution is -2.78. The average molecular weight is 477 g/mol. The molecule has 2 N–H and O–H groups in total. The lowest BCUT2D eigenvalue weighted by Gasteiger charge is -2.64. The predicted octanol–water partition coefficient (Wildman–Crippen LogP) is 2.56. The third-order valence-corrected chi connectivity index (χ3v) is 10.5. The van der Waals surface area contributed by atoms with E-state index in [-0.39, 0.29) is 23.6 Å². The topological polar surface area (TPSA) is 90.3 Å². The molecule has 7 heteroatoms. The smallest absolute Gasteiger partial charge is 0.257 e. The van der Waals surface area contributed by atoms with Crippen molar-refractivity contribution in [2.45, 2.75) is 93.4 Å². The van der Waals surface area contributed by atoms with E-state index in [4.69, 9.17) is 4.74 Å². The van der Waals surface area contributed by atoms with Crippen molar-refractivity contribution in [2.75, 3.05) is 13.1 Å². The quantitative estimate of drug-likeness (QED) is 0.652. The van der Waals surface area contributed by atoms with E-state index in [2.05, 4.69) is 4.90 Å². The minimum Gasteiger partial charge on any atom is -0.504 e. The summed E-state index contributed by atoms with van der Waals surface area (Å²) >= 11 is 0. The number of imide groups is 1. The molecular formula is C28H32N2O5. The van der Waals surface area contributed by atoms with Crippen LogP contribution < -0.4 is 4.74 Å². The zero-order chi connectivity index (χ0) is 23.7. The van der Waals surface area contributed by atoms with Gasteiger partial charge < -0.3 is 14.9 Å². The number of nitrogens with zero attached hydrogens (tertiary/aromatic N) is 2. The molecule has 7 aliphatic rings. The molecule has 1 saturated heterocycles. The van der Waals surface area contributed by atoms with Crippen LogP contribution in [0.4, 0.5) is 0 Å². The van der Waals surface area contributed by atoms with E-state index in [1.54, 1.807) is 6.07 Å². The van der Waals surface area contributed by atoms with Crippen LogP contribution in [0.15, 0.2) is 23.3 Å². The minimum absolute atomic E-state index is 0.0109. The first-order valence-corrected chi connectivity index (χ1v) is 13.5. The number of hydrogen-bond donors (Lipinski definition) is 2. The number of aromatic hydroxyl groups is 1. The molecule has 2 saturated carbocycles. The summed E-state index contributed by atoms with van der Waals surface area (Å²) in [5.74, 6) is 0.972. The fourth-order valence-electron chi connectivity index (χ4n) is 8.78. The Kier molecular flexibility index (Phi) is 3.97. The average Bonchev–Trinajstić information content (AvgIpc) is 3.54. The number of carbonyl (C=O) groups excluding carboxylic acids is 2. The van der Waals surface area contributed by atoms with Gasteiger partial charge in [-0.25, -0.2) is 0 Å². The number of benzene rings is 1. The van der Waals surface area contributed by atoms with Crippen molar-refractivity contribution in [1.29, 1.82) is 0 Å². The molecule has 2 bridgehead atoms. The monoisotopic (exact) mass is 476 g/mol. The molecule has 3 aliphatic heterocycles. The van der Waals surface area contributed by atoms with Gasteiger partial charge in [-0.2, -0.15) is 0 Å². The number of ether oxygens (including phenoxy) is 1. The van der Waals surface area contributed by atoms with Crippen LogP contribution >= 0.6 is 0 Å². The van der Waals surface area contributed by atoms with E-state index in [1.807, 2.05) is 6.07 Å². The van der Waals surface area contributed by atoms with Crippen molar-refractivity contribution in [3.8, 4) is 11.5 Å². The number of phenolic OH excluding ortho intramolecular Hbond substituents is 1. The Hall–Kier alpha value is -2.38. The van der Waals surface area contributed by atoms with Crippen molar-refractivity contribution < 1.29 is 24.5 Å². The molecule has 3 fully saturated rings. The summed E-state index contributed by atoms with van der Waals surface area (Å²) in [4.78, 5) is 31.1. The number of phenols is 1.